The van der Waals surface area contributed by atoms with E-state index in [0.29, 0.717) is 0 Å². The third-order valence-corrected chi connectivity index (χ3v) is 3.26. The summed E-state index contributed by atoms with van der Waals surface area (Å²) in [5, 5.41) is 10.9. The molecule has 3 aromatic rings. The molecule has 0 spiro atoms. The predicted molar refractivity (Wildman–Crippen MR) is 68.6 cm³/mol. The molecule has 1 N–H and O–H groups in total. The number of carboxylic acid groups (broad SMARTS) is 1. The molecule has 0 aromatic carbocycles. The summed E-state index contributed by atoms with van der Waals surface area (Å²) in [5.41, 5.74) is 0.649. The zero-order valence-electron chi connectivity index (χ0n) is 9.68. The summed E-state index contributed by atoms with van der Waals surface area (Å²) >= 11 is 1.53. The average Bonchev–Trinajstić information content (AvgIpc) is 2.97. The van der Waals surface area contributed by atoms with Gasteiger partial charge in [-0.2, -0.15) is 0 Å². The van der Waals surface area contributed by atoms with Crippen molar-refractivity contribution in [3.63, 3.8) is 0 Å². The molecule has 19 heavy (non-hydrogen) atoms. The second-order valence-corrected chi connectivity index (χ2v) is 4.64. The number of hydrogen-bond acceptors (Lipinski definition) is 5. The minimum Gasteiger partial charge on any atom is -0.485 e. The van der Waals surface area contributed by atoms with Gasteiger partial charge in [0.05, 0.1) is 5.69 Å². The van der Waals surface area contributed by atoms with Crippen LogP contribution in [-0.2, 0) is 6.61 Å². The van der Waals surface area contributed by atoms with Gasteiger partial charge in [-0.1, -0.05) is 0 Å². The summed E-state index contributed by atoms with van der Waals surface area (Å²) in [5.74, 6) is -0.868. The van der Waals surface area contributed by atoms with Gasteiger partial charge in [0, 0.05) is 24.0 Å². The largest absolute Gasteiger partial charge is 0.485 e. The Bertz CT molecular complexity index is 706. The molecular formula is C12H9N3O3S. The molecule has 3 aromatic heterocycles. The van der Waals surface area contributed by atoms with Crippen molar-refractivity contribution < 1.29 is 14.6 Å². The minimum atomic E-state index is -1.11. The number of rotatable bonds is 4. The van der Waals surface area contributed by atoms with Crippen LogP contribution in [0, 0.1) is 0 Å². The molecule has 0 saturated carbocycles. The molecule has 0 aliphatic rings. The molecule has 0 radical (unpaired) electrons. The van der Waals surface area contributed by atoms with Crippen molar-refractivity contribution in [1.82, 2.24) is 14.4 Å². The highest BCUT2D eigenvalue weighted by Gasteiger charge is 2.12. The molecule has 0 fully saturated rings. The lowest BCUT2D eigenvalue weighted by atomic mass is 10.3. The van der Waals surface area contributed by atoms with Gasteiger partial charge in [-0.25, -0.2) is 14.8 Å². The predicted octanol–water partition coefficient (Wildman–Crippen LogP) is 2.07. The zero-order valence-corrected chi connectivity index (χ0v) is 10.5. The second kappa shape index (κ2) is 4.69. The first-order valence-corrected chi connectivity index (χ1v) is 6.34. The van der Waals surface area contributed by atoms with E-state index >= 15 is 0 Å². The van der Waals surface area contributed by atoms with Crippen molar-refractivity contribution >= 4 is 22.3 Å². The van der Waals surface area contributed by atoms with E-state index in [0.717, 1.165) is 10.7 Å². The maximum absolute atomic E-state index is 11.0. The lowest BCUT2D eigenvalue weighted by molar-refractivity contribution is 0.0684. The van der Waals surface area contributed by atoms with Crippen molar-refractivity contribution in [2.45, 2.75) is 6.61 Å². The number of pyridine rings is 1. The number of ether oxygens (including phenoxy) is 1. The normalized spacial score (nSPS) is 10.7. The molecule has 7 heteroatoms. The van der Waals surface area contributed by atoms with E-state index < -0.39 is 5.97 Å². The van der Waals surface area contributed by atoms with Crippen LogP contribution in [0.4, 0.5) is 0 Å². The molecule has 0 unspecified atom stereocenters. The van der Waals surface area contributed by atoms with Crippen molar-refractivity contribution in [3.05, 3.63) is 47.5 Å². The topological polar surface area (TPSA) is 76.7 Å². The fourth-order valence-corrected chi connectivity index (χ4v) is 2.38. The second-order valence-electron chi connectivity index (χ2n) is 3.77. The number of nitrogens with zero attached hydrogens (tertiary/aromatic N) is 3. The van der Waals surface area contributed by atoms with Gasteiger partial charge in [0.15, 0.2) is 16.4 Å². The van der Waals surface area contributed by atoms with Crippen LogP contribution in [0.15, 0.2) is 36.1 Å². The Morgan fingerprint density at radius 3 is 3.21 bits per heavy atom. The molecule has 96 valence electrons. The number of carboxylic acids is 1. The van der Waals surface area contributed by atoms with Gasteiger partial charge >= 0.3 is 5.97 Å². The highest BCUT2D eigenvalue weighted by atomic mass is 32.1. The van der Waals surface area contributed by atoms with Gasteiger partial charge in [-0.3, -0.25) is 4.40 Å². The van der Waals surface area contributed by atoms with E-state index in [9.17, 15) is 4.79 Å². The highest BCUT2D eigenvalue weighted by Crippen LogP contribution is 2.18. The maximum atomic E-state index is 11.0. The summed E-state index contributed by atoms with van der Waals surface area (Å²) in [6.45, 7) is 0.209. The van der Waals surface area contributed by atoms with E-state index in [1.807, 2.05) is 22.2 Å². The molecule has 3 heterocycles. The van der Waals surface area contributed by atoms with Gasteiger partial charge in [-0.15, -0.1) is 11.3 Å². The van der Waals surface area contributed by atoms with Crippen molar-refractivity contribution in [1.29, 1.82) is 0 Å². The quantitative estimate of drug-likeness (QED) is 0.788. The molecule has 0 aliphatic carbocycles. The summed E-state index contributed by atoms with van der Waals surface area (Å²) < 4.78 is 7.36. The molecule has 0 bridgehead atoms. The smallest absolute Gasteiger partial charge is 0.358 e. The fourth-order valence-electron chi connectivity index (χ4n) is 1.66. The Balaban J connectivity index is 1.79. The standard InChI is InChI=1S/C12H9N3O3S/c16-11(17)10-9(2-1-3-13-10)18-7-8-6-15-4-5-19-12(15)14-8/h1-6H,7H2,(H,16,17). The van der Waals surface area contributed by atoms with Crippen LogP contribution in [0.25, 0.3) is 4.96 Å². The van der Waals surface area contributed by atoms with Crippen LogP contribution in [-0.4, -0.2) is 25.4 Å². The van der Waals surface area contributed by atoms with Crippen LogP contribution < -0.4 is 4.74 Å². The third-order valence-electron chi connectivity index (χ3n) is 2.49. The summed E-state index contributed by atoms with van der Waals surface area (Å²) in [4.78, 5) is 20.0. The van der Waals surface area contributed by atoms with Crippen LogP contribution in [0.2, 0.25) is 0 Å². The van der Waals surface area contributed by atoms with Crippen LogP contribution in [0.3, 0.4) is 0 Å². The van der Waals surface area contributed by atoms with Crippen molar-refractivity contribution in [2.24, 2.45) is 0 Å². The van der Waals surface area contributed by atoms with Crippen molar-refractivity contribution in [3.8, 4) is 5.75 Å². The Hall–Kier alpha value is -2.41. The Kier molecular flexibility index (Phi) is 2.88. The average molecular weight is 275 g/mol. The summed E-state index contributed by atoms with van der Waals surface area (Å²) in [6.07, 6.45) is 5.18. The number of imidazole rings is 1. The Morgan fingerprint density at radius 1 is 1.53 bits per heavy atom. The Morgan fingerprint density at radius 2 is 2.42 bits per heavy atom. The fraction of sp³-hybridized carbons (Fsp3) is 0.0833. The van der Waals surface area contributed by atoms with Gasteiger partial charge in [0.2, 0.25) is 0 Å². The van der Waals surface area contributed by atoms with Crippen LogP contribution >= 0.6 is 11.3 Å². The van der Waals surface area contributed by atoms with Crippen LogP contribution in [0.1, 0.15) is 16.2 Å². The lowest BCUT2D eigenvalue weighted by Gasteiger charge is -2.06. The summed E-state index contributed by atoms with van der Waals surface area (Å²) in [6, 6.07) is 3.21. The van der Waals surface area contributed by atoms with E-state index in [2.05, 4.69) is 9.97 Å². The molecule has 0 atom stereocenters. The monoisotopic (exact) mass is 275 g/mol. The number of fused-ring (bicyclic) bond motifs is 1. The van der Waals surface area contributed by atoms with Gasteiger partial charge < -0.3 is 9.84 Å². The van der Waals surface area contributed by atoms with Gasteiger partial charge in [-0.05, 0) is 12.1 Å². The first kappa shape index (κ1) is 11.7. The molecule has 0 saturated heterocycles. The number of aromatic nitrogens is 3. The number of carbonyl (C=O) groups is 1. The van der Waals surface area contributed by atoms with Crippen molar-refractivity contribution in [2.75, 3.05) is 0 Å². The number of hydrogen-bond donors (Lipinski definition) is 1. The van der Waals surface area contributed by atoms with E-state index in [4.69, 9.17) is 9.84 Å². The zero-order chi connectivity index (χ0) is 13.2. The summed E-state index contributed by atoms with van der Waals surface area (Å²) in [7, 11) is 0. The third kappa shape index (κ3) is 2.27. The molecule has 0 amide bonds. The van der Waals surface area contributed by atoms with Gasteiger partial charge in [0.1, 0.15) is 6.61 Å². The SMILES string of the molecule is O=C(O)c1ncccc1OCc1cn2ccsc2n1. The molecular weight excluding hydrogens is 266 g/mol. The lowest BCUT2D eigenvalue weighted by Crippen LogP contribution is -2.05. The molecule has 6 nitrogen and oxygen atoms in total. The van der Waals surface area contributed by atoms with Gasteiger partial charge in [0.25, 0.3) is 0 Å². The maximum Gasteiger partial charge on any atom is 0.358 e. The molecule has 0 aliphatic heterocycles. The van der Waals surface area contributed by atoms with E-state index in [-0.39, 0.29) is 18.1 Å². The van der Waals surface area contributed by atoms with E-state index in [1.54, 1.807) is 12.1 Å². The van der Waals surface area contributed by atoms with E-state index in [1.165, 1.54) is 17.5 Å². The number of thiazole rings is 1. The first-order chi connectivity index (χ1) is 9.24. The Labute approximate surface area is 111 Å². The first-order valence-electron chi connectivity index (χ1n) is 5.46. The number of aromatic carboxylic acids is 1. The minimum absolute atomic E-state index is 0.0940. The molecule has 3 rings (SSSR count). The van der Waals surface area contributed by atoms with Crippen LogP contribution in [0.5, 0.6) is 5.75 Å². The highest BCUT2D eigenvalue weighted by molar-refractivity contribution is 7.15.